The molecule has 2 N–H and O–H groups in total. The van der Waals surface area contributed by atoms with E-state index in [2.05, 4.69) is 10.3 Å². The van der Waals surface area contributed by atoms with Crippen LogP contribution in [0.2, 0.25) is 0 Å². The van der Waals surface area contributed by atoms with Gasteiger partial charge in [0.05, 0.1) is 5.51 Å². The van der Waals surface area contributed by atoms with E-state index in [1.54, 1.807) is 5.38 Å². The summed E-state index contributed by atoms with van der Waals surface area (Å²) in [5, 5.41) is 13.0. The first-order chi connectivity index (χ1) is 7.65. The quantitative estimate of drug-likeness (QED) is 0.792. The summed E-state index contributed by atoms with van der Waals surface area (Å²) in [6.07, 6.45) is 2.12. The average Bonchev–Trinajstić information content (AvgIpc) is 2.76. The van der Waals surface area contributed by atoms with Crippen LogP contribution in [-0.4, -0.2) is 28.0 Å². The molecule has 1 aromatic rings. The van der Waals surface area contributed by atoms with Crippen LogP contribution >= 0.6 is 11.3 Å². The van der Waals surface area contributed by atoms with Crippen molar-refractivity contribution in [1.29, 1.82) is 0 Å². The molecule has 1 aromatic heterocycles. The van der Waals surface area contributed by atoms with Crippen LogP contribution in [0.3, 0.4) is 0 Å². The maximum atomic E-state index is 11.6. The second kappa shape index (κ2) is 6.22. The van der Waals surface area contributed by atoms with Crippen molar-refractivity contribution in [2.45, 2.75) is 32.2 Å². The van der Waals surface area contributed by atoms with E-state index in [0.717, 1.165) is 12.8 Å². The van der Waals surface area contributed by atoms with E-state index in [0.29, 0.717) is 6.42 Å². The molecule has 0 bridgehead atoms. The van der Waals surface area contributed by atoms with Gasteiger partial charge in [0.2, 0.25) is 0 Å². The number of nitrogens with one attached hydrogen (secondary N) is 1. The molecule has 6 heteroatoms. The largest absolute Gasteiger partial charge is 0.480 e. The Morgan fingerprint density at radius 2 is 2.38 bits per heavy atom. The Morgan fingerprint density at radius 3 is 2.88 bits per heavy atom. The van der Waals surface area contributed by atoms with Gasteiger partial charge in [-0.1, -0.05) is 19.8 Å². The van der Waals surface area contributed by atoms with Crippen molar-refractivity contribution in [1.82, 2.24) is 10.3 Å². The van der Waals surface area contributed by atoms with Gasteiger partial charge in [0.1, 0.15) is 11.7 Å². The van der Waals surface area contributed by atoms with Gasteiger partial charge in [0.15, 0.2) is 0 Å². The van der Waals surface area contributed by atoms with Crippen molar-refractivity contribution < 1.29 is 14.7 Å². The molecule has 88 valence electrons. The third-order valence-electron chi connectivity index (χ3n) is 2.11. The van der Waals surface area contributed by atoms with E-state index in [9.17, 15) is 9.59 Å². The molecule has 0 spiro atoms. The maximum absolute atomic E-state index is 11.6. The smallest absolute Gasteiger partial charge is 0.326 e. The first-order valence-electron chi connectivity index (χ1n) is 5.07. The van der Waals surface area contributed by atoms with Crippen LogP contribution in [0.4, 0.5) is 0 Å². The van der Waals surface area contributed by atoms with Gasteiger partial charge in [-0.15, -0.1) is 11.3 Å². The van der Waals surface area contributed by atoms with Gasteiger partial charge < -0.3 is 10.4 Å². The zero-order valence-corrected chi connectivity index (χ0v) is 9.79. The standard InChI is InChI=1S/C10H14N2O3S/c1-2-3-4-7(10(14)15)12-9(13)8-5-16-6-11-8/h5-7H,2-4H2,1H3,(H,12,13)(H,14,15). The molecular formula is C10H14N2O3S. The van der Waals surface area contributed by atoms with E-state index in [1.165, 1.54) is 16.8 Å². The van der Waals surface area contributed by atoms with E-state index in [1.807, 2.05) is 6.92 Å². The molecule has 0 aliphatic rings. The second-order valence-electron chi connectivity index (χ2n) is 3.38. The molecule has 1 unspecified atom stereocenters. The number of carbonyl (C=O) groups is 2. The van der Waals surface area contributed by atoms with Gasteiger partial charge in [-0.05, 0) is 6.42 Å². The van der Waals surface area contributed by atoms with Crippen molar-refractivity contribution in [3.63, 3.8) is 0 Å². The molecule has 1 atom stereocenters. The highest BCUT2D eigenvalue weighted by molar-refractivity contribution is 7.07. The van der Waals surface area contributed by atoms with Crippen molar-refractivity contribution in [2.75, 3.05) is 0 Å². The molecule has 0 saturated heterocycles. The predicted octanol–water partition coefficient (Wildman–Crippen LogP) is 1.52. The number of thiazole rings is 1. The molecule has 0 aromatic carbocycles. The number of amides is 1. The van der Waals surface area contributed by atoms with Crippen LogP contribution in [0, 0.1) is 0 Å². The summed E-state index contributed by atoms with van der Waals surface area (Å²) in [6, 6.07) is -0.825. The van der Waals surface area contributed by atoms with Crippen molar-refractivity contribution in [2.24, 2.45) is 0 Å². The molecule has 16 heavy (non-hydrogen) atoms. The van der Waals surface area contributed by atoms with Crippen LogP contribution in [0.1, 0.15) is 36.7 Å². The van der Waals surface area contributed by atoms with Gasteiger partial charge in [0, 0.05) is 5.38 Å². The Bertz CT molecular complexity index is 351. The number of unbranched alkanes of at least 4 members (excludes halogenated alkanes) is 1. The summed E-state index contributed by atoms with van der Waals surface area (Å²) in [5.41, 5.74) is 1.81. The highest BCUT2D eigenvalue weighted by Crippen LogP contribution is 2.04. The monoisotopic (exact) mass is 242 g/mol. The molecule has 1 amide bonds. The minimum Gasteiger partial charge on any atom is -0.480 e. The van der Waals surface area contributed by atoms with Crippen LogP contribution < -0.4 is 5.32 Å². The predicted molar refractivity (Wildman–Crippen MR) is 60.5 cm³/mol. The Kier molecular flexibility index (Phi) is 4.91. The molecular weight excluding hydrogens is 228 g/mol. The molecule has 0 radical (unpaired) electrons. The fraction of sp³-hybridized carbons (Fsp3) is 0.500. The van der Waals surface area contributed by atoms with Gasteiger partial charge in [-0.2, -0.15) is 0 Å². The SMILES string of the molecule is CCCCC(NC(=O)c1cscn1)C(=O)O. The topological polar surface area (TPSA) is 79.3 Å². The van der Waals surface area contributed by atoms with Crippen LogP contribution in [-0.2, 0) is 4.79 Å². The number of aliphatic carboxylic acids is 1. The minimum absolute atomic E-state index is 0.271. The summed E-state index contributed by atoms with van der Waals surface area (Å²) in [6.45, 7) is 1.97. The molecule has 5 nitrogen and oxygen atoms in total. The van der Waals surface area contributed by atoms with E-state index in [4.69, 9.17) is 5.11 Å². The Balaban J connectivity index is 2.54. The summed E-state index contributed by atoms with van der Waals surface area (Å²) in [7, 11) is 0. The van der Waals surface area contributed by atoms with E-state index < -0.39 is 17.9 Å². The van der Waals surface area contributed by atoms with E-state index in [-0.39, 0.29) is 5.69 Å². The lowest BCUT2D eigenvalue weighted by Crippen LogP contribution is -2.40. The first kappa shape index (κ1) is 12.6. The lowest BCUT2D eigenvalue weighted by Gasteiger charge is -2.12. The van der Waals surface area contributed by atoms with Crippen LogP contribution in [0.15, 0.2) is 10.9 Å². The maximum Gasteiger partial charge on any atom is 0.326 e. The molecule has 1 rings (SSSR count). The Hall–Kier alpha value is -1.43. The van der Waals surface area contributed by atoms with Crippen molar-refractivity contribution in [3.8, 4) is 0 Å². The lowest BCUT2D eigenvalue weighted by molar-refractivity contribution is -0.139. The summed E-state index contributed by atoms with van der Waals surface area (Å²) < 4.78 is 0. The van der Waals surface area contributed by atoms with E-state index >= 15 is 0 Å². The Morgan fingerprint density at radius 1 is 1.62 bits per heavy atom. The van der Waals surface area contributed by atoms with Gasteiger partial charge in [0.25, 0.3) is 5.91 Å². The molecule has 0 saturated carbocycles. The number of hydrogen-bond donors (Lipinski definition) is 2. The second-order valence-corrected chi connectivity index (χ2v) is 4.10. The summed E-state index contributed by atoms with van der Waals surface area (Å²) >= 11 is 1.30. The zero-order chi connectivity index (χ0) is 12.0. The molecule has 0 fully saturated rings. The first-order valence-corrected chi connectivity index (χ1v) is 6.01. The molecule has 0 aliphatic carbocycles. The third-order valence-corrected chi connectivity index (χ3v) is 2.70. The van der Waals surface area contributed by atoms with Gasteiger partial charge in [-0.3, -0.25) is 4.79 Å². The van der Waals surface area contributed by atoms with Crippen molar-refractivity contribution in [3.05, 3.63) is 16.6 Å². The number of carbonyl (C=O) groups excluding carboxylic acids is 1. The summed E-state index contributed by atoms with van der Waals surface area (Å²) in [5.74, 6) is -1.43. The lowest BCUT2D eigenvalue weighted by atomic mass is 10.1. The number of nitrogens with zero attached hydrogens (tertiary/aromatic N) is 1. The van der Waals surface area contributed by atoms with Gasteiger partial charge >= 0.3 is 5.97 Å². The molecule has 1 heterocycles. The molecule has 0 aliphatic heterocycles. The highest BCUT2D eigenvalue weighted by atomic mass is 32.1. The number of hydrogen-bond acceptors (Lipinski definition) is 4. The Labute approximate surface area is 97.5 Å². The summed E-state index contributed by atoms with van der Waals surface area (Å²) in [4.78, 5) is 26.3. The fourth-order valence-corrected chi connectivity index (χ4v) is 1.75. The van der Waals surface area contributed by atoms with Crippen LogP contribution in [0.5, 0.6) is 0 Å². The van der Waals surface area contributed by atoms with Crippen LogP contribution in [0.25, 0.3) is 0 Å². The normalized spacial score (nSPS) is 12.1. The number of carboxylic acids is 1. The zero-order valence-electron chi connectivity index (χ0n) is 8.97. The number of rotatable bonds is 6. The van der Waals surface area contributed by atoms with Crippen molar-refractivity contribution >= 4 is 23.2 Å². The minimum atomic E-state index is -1.00. The van der Waals surface area contributed by atoms with Gasteiger partial charge in [-0.25, -0.2) is 9.78 Å². The number of aromatic nitrogens is 1. The average molecular weight is 242 g/mol. The fourth-order valence-electron chi connectivity index (χ4n) is 1.22. The highest BCUT2D eigenvalue weighted by Gasteiger charge is 2.20. The number of carboxylic acid groups (broad SMARTS) is 1. The third kappa shape index (κ3) is 3.62.